The van der Waals surface area contributed by atoms with E-state index in [0.717, 1.165) is 18.7 Å². The maximum absolute atomic E-state index is 13.3. The molecule has 0 aliphatic carbocycles. The second kappa shape index (κ2) is 7.08. The van der Waals surface area contributed by atoms with Crippen molar-refractivity contribution in [3.05, 3.63) is 52.8 Å². The number of rotatable bonds is 3. The molecule has 1 fully saturated rings. The van der Waals surface area contributed by atoms with E-state index in [1.165, 1.54) is 6.07 Å². The monoisotopic (exact) mass is 389 g/mol. The van der Waals surface area contributed by atoms with Crippen molar-refractivity contribution in [1.29, 1.82) is 0 Å². The summed E-state index contributed by atoms with van der Waals surface area (Å²) in [5, 5.41) is 5.77. The zero-order chi connectivity index (χ0) is 19.0. The fourth-order valence-electron chi connectivity index (χ4n) is 3.29. The number of nitrogens with one attached hydrogen (secondary N) is 2. The van der Waals surface area contributed by atoms with E-state index in [4.69, 9.17) is 16.3 Å². The van der Waals surface area contributed by atoms with Gasteiger partial charge in [-0.2, -0.15) is 0 Å². The Balaban J connectivity index is 1.41. The molecule has 0 saturated carbocycles. The molecule has 0 spiro atoms. The fraction of sp³-hybridized carbons (Fsp3) is 0.263. The van der Waals surface area contributed by atoms with Crippen LogP contribution in [0.1, 0.15) is 16.8 Å². The standard InChI is InChI=1S/C19H17ClFN3O3/c20-14-8-13(2-3-15(14)21)24-6-5-12(9-24)22-19(26)11-1-4-17-16(7-11)23-18(25)10-27-17/h1-4,7-8,12H,5-6,9-10H2,(H,22,26)(H,23,25). The van der Waals surface area contributed by atoms with E-state index in [0.29, 0.717) is 23.5 Å². The summed E-state index contributed by atoms with van der Waals surface area (Å²) in [6, 6.07) is 9.51. The Morgan fingerprint density at radius 1 is 1.30 bits per heavy atom. The minimum atomic E-state index is -0.451. The van der Waals surface area contributed by atoms with E-state index in [-0.39, 0.29) is 29.5 Å². The average molecular weight is 390 g/mol. The minimum Gasteiger partial charge on any atom is -0.482 e. The molecule has 1 saturated heterocycles. The highest BCUT2D eigenvalue weighted by molar-refractivity contribution is 6.31. The first-order valence-electron chi connectivity index (χ1n) is 8.57. The van der Waals surface area contributed by atoms with Crippen molar-refractivity contribution in [2.75, 3.05) is 29.9 Å². The van der Waals surface area contributed by atoms with Gasteiger partial charge in [0, 0.05) is 30.4 Å². The van der Waals surface area contributed by atoms with Crippen LogP contribution in [-0.2, 0) is 4.79 Å². The number of carbonyl (C=O) groups excluding carboxylic acids is 2. The highest BCUT2D eigenvalue weighted by atomic mass is 35.5. The van der Waals surface area contributed by atoms with Crippen LogP contribution in [0.15, 0.2) is 36.4 Å². The molecule has 2 heterocycles. The zero-order valence-electron chi connectivity index (χ0n) is 14.3. The van der Waals surface area contributed by atoms with Crippen LogP contribution in [0.5, 0.6) is 5.75 Å². The first kappa shape index (κ1) is 17.6. The lowest BCUT2D eigenvalue weighted by Gasteiger charge is -2.20. The van der Waals surface area contributed by atoms with E-state index in [1.807, 2.05) is 0 Å². The number of carbonyl (C=O) groups is 2. The third-order valence-corrected chi connectivity index (χ3v) is 4.96. The van der Waals surface area contributed by atoms with Crippen molar-refractivity contribution >= 4 is 34.8 Å². The molecule has 0 radical (unpaired) electrons. The van der Waals surface area contributed by atoms with Crippen molar-refractivity contribution in [3.8, 4) is 5.75 Å². The van der Waals surface area contributed by atoms with Gasteiger partial charge in [0.25, 0.3) is 11.8 Å². The lowest BCUT2D eigenvalue weighted by molar-refractivity contribution is -0.118. The van der Waals surface area contributed by atoms with Crippen LogP contribution >= 0.6 is 11.6 Å². The molecule has 0 aromatic heterocycles. The summed E-state index contributed by atoms with van der Waals surface area (Å²) >= 11 is 5.85. The van der Waals surface area contributed by atoms with Crippen molar-refractivity contribution < 1.29 is 18.7 Å². The molecule has 0 bridgehead atoms. The largest absolute Gasteiger partial charge is 0.482 e. The van der Waals surface area contributed by atoms with Gasteiger partial charge in [-0.05, 0) is 42.8 Å². The highest BCUT2D eigenvalue weighted by Crippen LogP contribution is 2.29. The van der Waals surface area contributed by atoms with Crippen LogP contribution in [0.3, 0.4) is 0 Å². The van der Waals surface area contributed by atoms with E-state index in [9.17, 15) is 14.0 Å². The van der Waals surface area contributed by atoms with Gasteiger partial charge in [0.05, 0.1) is 10.7 Å². The van der Waals surface area contributed by atoms with Crippen LogP contribution in [0.2, 0.25) is 5.02 Å². The molecule has 1 atom stereocenters. The number of amides is 2. The van der Waals surface area contributed by atoms with Gasteiger partial charge in [0.15, 0.2) is 6.61 Å². The Bertz CT molecular complexity index is 921. The summed E-state index contributed by atoms with van der Waals surface area (Å²) in [6.07, 6.45) is 0.769. The maximum Gasteiger partial charge on any atom is 0.262 e. The zero-order valence-corrected chi connectivity index (χ0v) is 15.1. The van der Waals surface area contributed by atoms with Crippen LogP contribution in [0.25, 0.3) is 0 Å². The van der Waals surface area contributed by atoms with Gasteiger partial charge in [-0.25, -0.2) is 4.39 Å². The average Bonchev–Trinajstić information content (AvgIpc) is 3.11. The number of ether oxygens (including phenoxy) is 1. The molecule has 2 aromatic carbocycles. The number of fused-ring (bicyclic) bond motifs is 1. The number of hydrogen-bond donors (Lipinski definition) is 2. The number of halogens is 2. The molecule has 2 N–H and O–H groups in total. The van der Waals surface area contributed by atoms with Gasteiger partial charge in [-0.1, -0.05) is 11.6 Å². The summed E-state index contributed by atoms with van der Waals surface area (Å²) in [6.45, 7) is 1.32. The second-order valence-corrected chi connectivity index (χ2v) is 6.96. The fourth-order valence-corrected chi connectivity index (χ4v) is 3.46. The Kier molecular flexibility index (Phi) is 4.61. The predicted molar refractivity (Wildman–Crippen MR) is 100 cm³/mol. The Labute approximate surface area is 160 Å². The first-order valence-corrected chi connectivity index (χ1v) is 8.95. The lowest BCUT2D eigenvalue weighted by atomic mass is 10.1. The quantitative estimate of drug-likeness (QED) is 0.846. The summed E-state index contributed by atoms with van der Waals surface area (Å²) in [5.41, 5.74) is 1.77. The van der Waals surface area contributed by atoms with Gasteiger partial charge < -0.3 is 20.3 Å². The number of hydrogen-bond acceptors (Lipinski definition) is 4. The smallest absolute Gasteiger partial charge is 0.262 e. The Morgan fingerprint density at radius 3 is 2.96 bits per heavy atom. The predicted octanol–water partition coefficient (Wildman–Crippen LogP) is 2.82. The molecule has 6 nitrogen and oxygen atoms in total. The molecule has 1 unspecified atom stereocenters. The Hall–Kier alpha value is -2.80. The van der Waals surface area contributed by atoms with Crippen LogP contribution in [0.4, 0.5) is 15.8 Å². The van der Waals surface area contributed by atoms with Gasteiger partial charge in [-0.3, -0.25) is 9.59 Å². The van der Waals surface area contributed by atoms with Crippen molar-refractivity contribution in [1.82, 2.24) is 5.32 Å². The number of anilines is 2. The van der Waals surface area contributed by atoms with E-state index >= 15 is 0 Å². The number of benzene rings is 2. The van der Waals surface area contributed by atoms with E-state index in [1.54, 1.807) is 30.3 Å². The van der Waals surface area contributed by atoms with E-state index < -0.39 is 5.82 Å². The number of nitrogens with zero attached hydrogens (tertiary/aromatic N) is 1. The molecule has 2 aliphatic heterocycles. The SMILES string of the molecule is O=C1COc2ccc(C(=O)NC3CCN(c4ccc(F)c(Cl)c4)C3)cc2N1. The van der Waals surface area contributed by atoms with Gasteiger partial charge in [0.1, 0.15) is 11.6 Å². The minimum absolute atomic E-state index is 0.0240. The van der Waals surface area contributed by atoms with Crippen LogP contribution in [0, 0.1) is 5.82 Å². The summed E-state index contributed by atoms with van der Waals surface area (Å²) in [5.74, 6) is -0.370. The van der Waals surface area contributed by atoms with Gasteiger partial charge in [-0.15, -0.1) is 0 Å². The molecule has 2 aliphatic rings. The van der Waals surface area contributed by atoms with Crippen LogP contribution < -0.4 is 20.3 Å². The molecule has 27 heavy (non-hydrogen) atoms. The van der Waals surface area contributed by atoms with E-state index in [2.05, 4.69) is 15.5 Å². The topological polar surface area (TPSA) is 70.7 Å². The molecule has 2 amide bonds. The molecular weight excluding hydrogens is 373 g/mol. The van der Waals surface area contributed by atoms with Crippen molar-refractivity contribution in [2.24, 2.45) is 0 Å². The van der Waals surface area contributed by atoms with Gasteiger partial charge in [0.2, 0.25) is 0 Å². The molecule has 8 heteroatoms. The van der Waals surface area contributed by atoms with Gasteiger partial charge >= 0.3 is 0 Å². The molecule has 4 rings (SSSR count). The molecular formula is C19H17ClFN3O3. The summed E-state index contributed by atoms with van der Waals surface area (Å²) < 4.78 is 18.6. The normalized spacial score (nSPS) is 18.5. The first-order chi connectivity index (χ1) is 13.0. The van der Waals surface area contributed by atoms with Crippen molar-refractivity contribution in [2.45, 2.75) is 12.5 Å². The highest BCUT2D eigenvalue weighted by Gasteiger charge is 2.25. The van der Waals surface area contributed by atoms with Crippen LogP contribution in [-0.4, -0.2) is 37.6 Å². The third kappa shape index (κ3) is 3.68. The maximum atomic E-state index is 13.3. The lowest BCUT2D eigenvalue weighted by Crippen LogP contribution is -2.37. The molecule has 2 aromatic rings. The third-order valence-electron chi connectivity index (χ3n) is 4.67. The Morgan fingerprint density at radius 2 is 2.15 bits per heavy atom. The molecule has 140 valence electrons. The summed E-state index contributed by atoms with van der Waals surface area (Å²) in [4.78, 5) is 26.0. The summed E-state index contributed by atoms with van der Waals surface area (Å²) in [7, 11) is 0. The van der Waals surface area contributed by atoms with Crippen molar-refractivity contribution in [3.63, 3.8) is 0 Å². The second-order valence-electron chi connectivity index (χ2n) is 6.55.